The first-order chi connectivity index (χ1) is 15.4. The Morgan fingerprint density at radius 2 is 2.03 bits per heavy atom. The van der Waals surface area contributed by atoms with Crippen LogP contribution in [0.3, 0.4) is 0 Å². The van der Waals surface area contributed by atoms with Crippen LogP contribution < -0.4 is 14.8 Å². The van der Waals surface area contributed by atoms with Gasteiger partial charge in [-0.25, -0.2) is 4.79 Å². The lowest BCUT2D eigenvalue weighted by atomic mass is 10.1. The second kappa shape index (κ2) is 10.8. The van der Waals surface area contributed by atoms with E-state index in [4.69, 9.17) is 21.1 Å². The standard InChI is InChI=1S/C22H20ClN3O5S/c1-13-8-16(5-6-17(13)23)31-12-15-9-14(4-7-18(15)29-2)11-24-26-22-25-21(28)19(32-22)10-20(27)30-3/h4-11H,12H2,1-3H3,(H,25,26,28)/b19-10+,24-11?. The molecule has 2 aromatic rings. The van der Waals surface area contributed by atoms with Gasteiger partial charge in [0.05, 0.1) is 25.3 Å². The SMILES string of the molecule is COC(=O)/C=C1/S/C(=N\N=Cc2ccc(OC)c(COc3ccc(Cl)c(C)c3)c2)NC1=O. The van der Waals surface area contributed by atoms with Crippen molar-refractivity contribution in [1.82, 2.24) is 5.32 Å². The van der Waals surface area contributed by atoms with Crippen LogP contribution in [0, 0.1) is 6.92 Å². The van der Waals surface area contributed by atoms with Crippen LogP contribution in [0.4, 0.5) is 0 Å². The number of halogens is 1. The molecule has 1 saturated heterocycles. The lowest BCUT2D eigenvalue weighted by Gasteiger charge is -2.12. The van der Waals surface area contributed by atoms with E-state index >= 15 is 0 Å². The number of aryl methyl sites for hydroxylation is 1. The van der Waals surface area contributed by atoms with Crippen molar-refractivity contribution in [3.05, 3.63) is 69.1 Å². The number of nitrogens with zero attached hydrogens (tertiary/aromatic N) is 2. The van der Waals surface area contributed by atoms with E-state index in [9.17, 15) is 9.59 Å². The van der Waals surface area contributed by atoms with Crippen LogP contribution in [0.5, 0.6) is 11.5 Å². The molecule has 10 heteroatoms. The van der Waals surface area contributed by atoms with Gasteiger partial charge in [0.25, 0.3) is 5.91 Å². The molecule has 1 fully saturated rings. The first-order valence-electron chi connectivity index (χ1n) is 9.35. The summed E-state index contributed by atoms with van der Waals surface area (Å²) in [6, 6.07) is 11.0. The number of nitrogens with one attached hydrogen (secondary N) is 1. The van der Waals surface area contributed by atoms with Crippen molar-refractivity contribution in [3.8, 4) is 11.5 Å². The smallest absolute Gasteiger partial charge is 0.331 e. The molecule has 0 aliphatic carbocycles. The molecular formula is C22H20ClN3O5S. The predicted octanol–water partition coefficient (Wildman–Crippen LogP) is 3.85. The highest BCUT2D eigenvalue weighted by Crippen LogP contribution is 2.25. The second-order valence-electron chi connectivity index (χ2n) is 6.51. The van der Waals surface area contributed by atoms with E-state index in [0.717, 1.165) is 34.5 Å². The third-order valence-corrected chi connectivity index (χ3v) is 5.61. The minimum atomic E-state index is -0.617. The highest BCUT2D eigenvalue weighted by atomic mass is 35.5. The van der Waals surface area contributed by atoms with Gasteiger partial charge in [-0.3, -0.25) is 10.1 Å². The number of benzene rings is 2. The van der Waals surface area contributed by atoms with E-state index in [1.54, 1.807) is 19.2 Å². The first-order valence-corrected chi connectivity index (χ1v) is 10.5. The number of rotatable bonds is 7. The summed E-state index contributed by atoms with van der Waals surface area (Å²) in [6.45, 7) is 2.20. The van der Waals surface area contributed by atoms with Crippen molar-refractivity contribution < 1.29 is 23.8 Å². The Bertz CT molecular complexity index is 1130. The molecule has 1 amide bonds. The molecule has 0 spiro atoms. The Hall–Kier alpha value is -3.30. The average molecular weight is 474 g/mol. The van der Waals surface area contributed by atoms with Crippen LogP contribution in [0.2, 0.25) is 5.02 Å². The quantitative estimate of drug-likeness (QED) is 0.284. The van der Waals surface area contributed by atoms with Gasteiger partial charge in [-0.2, -0.15) is 5.10 Å². The number of hydrogen-bond acceptors (Lipinski definition) is 8. The van der Waals surface area contributed by atoms with E-state index in [-0.39, 0.29) is 16.7 Å². The van der Waals surface area contributed by atoms with Gasteiger partial charge in [-0.05, 0) is 66.2 Å². The van der Waals surface area contributed by atoms with Gasteiger partial charge in [0.2, 0.25) is 0 Å². The second-order valence-corrected chi connectivity index (χ2v) is 7.95. The highest BCUT2D eigenvalue weighted by molar-refractivity contribution is 8.18. The van der Waals surface area contributed by atoms with Crippen molar-refractivity contribution in [2.24, 2.45) is 10.2 Å². The van der Waals surface area contributed by atoms with Gasteiger partial charge in [0.15, 0.2) is 5.17 Å². The van der Waals surface area contributed by atoms with Crippen LogP contribution >= 0.6 is 23.4 Å². The normalized spacial score (nSPS) is 15.9. The summed E-state index contributed by atoms with van der Waals surface area (Å²) in [5.74, 6) is 0.324. The summed E-state index contributed by atoms with van der Waals surface area (Å²) in [5, 5.41) is 11.5. The zero-order valence-corrected chi connectivity index (χ0v) is 19.1. The molecular weight excluding hydrogens is 454 g/mol. The predicted molar refractivity (Wildman–Crippen MR) is 124 cm³/mol. The number of carbonyl (C=O) groups excluding carboxylic acids is 2. The molecule has 2 aromatic carbocycles. The summed E-state index contributed by atoms with van der Waals surface area (Å²) < 4.78 is 15.8. The number of amides is 1. The number of methoxy groups -OCH3 is 2. The molecule has 0 bridgehead atoms. The zero-order chi connectivity index (χ0) is 23.1. The van der Waals surface area contributed by atoms with Crippen molar-refractivity contribution >= 4 is 46.6 Å². The Morgan fingerprint density at radius 1 is 1.22 bits per heavy atom. The molecule has 3 rings (SSSR count). The maximum absolute atomic E-state index is 11.8. The topological polar surface area (TPSA) is 98.6 Å². The highest BCUT2D eigenvalue weighted by Gasteiger charge is 2.25. The Balaban J connectivity index is 1.69. The molecule has 0 unspecified atom stereocenters. The van der Waals surface area contributed by atoms with E-state index in [1.807, 2.05) is 31.2 Å². The van der Waals surface area contributed by atoms with Crippen LogP contribution in [-0.2, 0) is 20.9 Å². The zero-order valence-electron chi connectivity index (χ0n) is 17.5. The molecule has 166 valence electrons. The molecule has 0 aromatic heterocycles. The molecule has 1 N–H and O–H groups in total. The van der Waals surface area contributed by atoms with Gasteiger partial charge in [0.1, 0.15) is 18.1 Å². The third kappa shape index (κ3) is 6.12. The lowest BCUT2D eigenvalue weighted by Crippen LogP contribution is -2.19. The minimum absolute atomic E-state index is 0.187. The van der Waals surface area contributed by atoms with Gasteiger partial charge >= 0.3 is 5.97 Å². The summed E-state index contributed by atoms with van der Waals surface area (Å²) in [4.78, 5) is 23.3. The third-order valence-electron chi connectivity index (χ3n) is 4.28. The summed E-state index contributed by atoms with van der Waals surface area (Å²) in [6.07, 6.45) is 2.64. The number of carbonyl (C=O) groups is 2. The van der Waals surface area contributed by atoms with Gasteiger partial charge in [-0.15, -0.1) is 5.10 Å². The van der Waals surface area contributed by atoms with Crippen LogP contribution in [-0.4, -0.2) is 37.5 Å². The van der Waals surface area contributed by atoms with E-state index in [0.29, 0.717) is 16.5 Å². The van der Waals surface area contributed by atoms with E-state index < -0.39 is 11.9 Å². The average Bonchev–Trinajstić information content (AvgIpc) is 3.13. The fourth-order valence-corrected chi connectivity index (χ4v) is 3.51. The largest absolute Gasteiger partial charge is 0.496 e. The molecule has 1 aliphatic heterocycles. The maximum atomic E-state index is 11.8. The van der Waals surface area contributed by atoms with E-state index in [2.05, 4.69) is 20.3 Å². The summed E-state index contributed by atoms with van der Waals surface area (Å²) in [7, 11) is 2.82. The minimum Gasteiger partial charge on any atom is -0.496 e. The first kappa shape index (κ1) is 23.4. The van der Waals surface area contributed by atoms with Crippen LogP contribution in [0.25, 0.3) is 0 Å². The fourth-order valence-electron chi connectivity index (χ4n) is 2.65. The van der Waals surface area contributed by atoms with Gasteiger partial charge in [0, 0.05) is 16.7 Å². The number of hydrogen-bond donors (Lipinski definition) is 1. The van der Waals surface area contributed by atoms with E-state index in [1.165, 1.54) is 13.3 Å². The van der Waals surface area contributed by atoms with Crippen molar-refractivity contribution in [1.29, 1.82) is 0 Å². The molecule has 0 radical (unpaired) electrons. The molecule has 1 aliphatic rings. The number of ether oxygens (including phenoxy) is 3. The van der Waals surface area contributed by atoms with Crippen LogP contribution in [0.1, 0.15) is 16.7 Å². The van der Waals surface area contributed by atoms with Gasteiger partial charge < -0.3 is 14.2 Å². The maximum Gasteiger partial charge on any atom is 0.331 e. The Labute approximate surface area is 194 Å². The lowest BCUT2D eigenvalue weighted by molar-refractivity contribution is -0.135. The Kier molecular flexibility index (Phi) is 7.91. The fraction of sp³-hybridized carbons (Fsp3) is 0.182. The van der Waals surface area contributed by atoms with Gasteiger partial charge in [-0.1, -0.05) is 11.6 Å². The molecule has 1 heterocycles. The Morgan fingerprint density at radius 3 is 2.75 bits per heavy atom. The molecule has 0 atom stereocenters. The monoisotopic (exact) mass is 473 g/mol. The summed E-state index contributed by atoms with van der Waals surface area (Å²) >= 11 is 7.06. The number of thioether (sulfide) groups is 1. The van der Waals surface area contributed by atoms with Crippen molar-refractivity contribution in [3.63, 3.8) is 0 Å². The van der Waals surface area contributed by atoms with Crippen molar-refractivity contribution in [2.75, 3.05) is 14.2 Å². The van der Waals surface area contributed by atoms with Crippen molar-refractivity contribution in [2.45, 2.75) is 13.5 Å². The number of esters is 1. The summed E-state index contributed by atoms with van der Waals surface area (Å²) in [5.41, 5.74) is 2.52. The van der Waals surface area contributed by atoms with Crippen LogP contribution in [0.15, 0.2) is 57.6 Å². The molecule has 32 heavy (non-hydrogen) atoms. The number of amidine groups is 1. The molecule has 0 saturated carbocycles. The molecule has 8 nitrogen and oxygen atoms in total.